The van der Waals surface area contributed by atoms with E-state index in [-0.39, 0.29) is 12.3 Å². The van der Waals surface area contributed by atoms with Crippen molar-refractivity contribution in [2.24, 2.45) is 0 Å². The third-order valence-electron chi connectivity index (χ3n) is 2.10. The summed E-state index contributed by atoms with van der Waals surface area (Å²) in [5.74, 6) is -0.980. The minimum atomic E-state index is -0.980. The molecule has 0 fully saturated rings. The Morgan fingerprint density at radius 1 is 1.36 bits per heavy atom. The van der Waals surface area contributed by atoms with E-state index in [2.05, 4.69) is 4.98 Å². The number of carbonyl (C=O) groups is 1. The van der Waals surface area contributed by atoms with E-state index < -0.39 is 5.97 Å². The molecule has 0 bridgehead atoms. The quantitative estimate of drug-likeness (QED) is 0.671. The fourth-order valence-corrected chi connectivity index (χ4v) is 1.39. The molecular weight excluding hydrogens is 182 g/mol. The number of carboxylic acid groups (broad SMARTS) is 1. The fraction of sp³-hybridized carbons (Fsp3) is 0.100. The van der Waals surface area contributed by atoms with Gasteiger partial charge in [0.15, 0.2) is 0 Å². The standard InChI is InChI=1S/C10H9NO3/c12-5-6-1-2-7-4-9(10(13)14)11-8(7)3-6/h1-4,11-12H,5H2,(H,13,14). The number of aromatic nitrogens is 1. The van der Waals surface area contributed by atoms with Crippen LogP contribution < -0.4 is 0 Å². The van der Waals surface area contributed by atoms with Crippen molar-refractivity contribution >= 4 is 16.9 Å². The summed E-state index contributed by atoms with van der Waals surface area (Å²) >= 11 is 0. The molecule has 0 radical (unpaired) electrons. The minimum Gasteiger partial charge on any atom is -0.477 e. The Morgan fingerprint density at radius 2 is 2.14 bits per heavy atom. The molecule has 0 atom stereocenters. The monoisotopic (exact) mass is 191 g/mol. The van der Waals surface area contributed by atoms with E-state index in [1.54, 1.807) is 24.3 Å². The molecule has 3 N–H and O–H groups in total. The van der Waals surface area contributed by atoms with Gasteiger partial charge in [-0.15, -0.1) is 0 Å². The molecule has 2 rings (SSSR count). The van der Waals surface area contributed by atoms with Gasteiger partial charge < -0.3 is 15.2 Å². The average molecular weight is 191 g/mol. The zero-order valence-corrected chi connectivity index (χ0v) is 7.32. The molecule has 1 aromatic carbocycles. The van der Waals surface area contributed by atoms with Crippen LogP contribution in [-0.2, 0) is 6.61 Å². The van der Waals surface area contributed by atoms with Gasteiger partial charge in [0, 0.05) is 10.9 Å². The van der Waals surface area contributed by atoms with Crippen LogP contribution in [0.25, 0.3) is 10.9 Å². The highest BCUT2D eigenvalue weighted by atomic mass is 16.4. The number of hydrogen-bond acceptors (Lipinski definition) is 2. The normalized spacial score (nSPS) is 10.6. The summed E-state index contributed by atoms with van der Waals surface area (Å²) in [6, 6.07) is 6.85. The van der Waals surface area contributed by atoms with E-state index >= 15 is 0 Å². The average Bonchev–Trinajstić information content (AvgIpc) is 2.59. The van der Waals surface area contributed by atoms with E-state index in [1.165, 1.54) is 0 Å². The van der Waals surface area contributed by atoms with Crippen molar-refractivity contribution in [3.05, 3.63) is 35.5 Å². The highest BCUT2D eigenvalue weighted by molar-refractivity contribution is 5.93. The van der Waals surface area contributed by atoms with Crippen LogP contribution in [0.15, 0.2) is 24.3 Å². The van der Waals surface area contributed by atoms with Crippen molar-refractivity contribution < 1.29 is 15.0 Å². The summed E-state index contributed by atoms with van der Waals surface area (Å²) in [6.45, 7) is -0.0443. The maximum atomic E-state index is 10.6. The number of H-pyrrole nitrogens is 1. The van der Waals surface area contributed by atoms with E-state index in [4.69, 9.17) is 10.2 Å². The topological polar surface area (TPSA) is 73.3 Å². The molecule has 0 saturated carbocycles. The number of benzene rings is 1. The molecular formula is C10H9NO3. The van der Waals surface area contributed by atoms with Crippen LogP contribution >= 0.6 is 0 Å². The second-order valence-electron chi connectivity index (χ2n) is 3.07. The molecule has 0 spiro atoms. The Bertz CT molecular complexity index is 487. The Hall–Kier alpha value is -1.81. The predicted octanol–water partition coefficient (Wildman–Crippen LogP) is 1.36. The maximum absolute atomic E-state index is 10.6. The number of aliphatic hydroxyl groups is 1. The number of aromatic carboxylic acids is 1. The first kappa shape index (κ1) is 8.77. The molecule has 0 aliphatic heterocycles. The molecule has 2 aromatic rings. The zero-order chi connectivity index (χ0) is 10.1. The molecule has 0 amide bonds. The summed E-state index contributed by atoms with van der Waals surface area (Å²) in [5.41, 5.74) is 1.65. The van der Waals surface area contributed by atoms with Crippen molar-refractivity contribution in [3.8, 4) is 0 Å². The number of nitrogens with one attached hydrogen (secondary N) is 1. The van der Waals surface area contributed by atoms with E-state index in [0.717, 1.165) is 16.5 Å². The summed E-state index contributed by atoms with van der Waals surface area (Å²) in [5, 5.41) is 18.4. The van der Waals surface area contributed by atoms with Crippen molar-refractivity contribution in [1.29, 1.82) is 0 Å². The van der Waals surface area contributed by atoms with E-state index in [1.807, 2.05) is 0 Å². The molecule has 0 unspecified atom stereocenters. The molecule has 0 aliphatic carbocycles. The van der Waals surface area contributed by atoms with Gasteiger partial charge in [-0.25, -0.2) is 4.79 Å². The minimum absolute atomic E-state index is 0.0443. The van der Waals surface area contributed by atoms with Gasteiger partial charge in [-0.1, -0.05) is 12.1 Å². The van der Waals surface area contributed by atoms with E-state index in [9.17, 15) is 4.79 Å². The first-order chi connectivity index (χ1) is 6.70. The molecule has 4 nitrogen and oxygen atoms in total. The van der Waals surface area contributed by atoms with Crippen LogP contribution in [0.1, 0.15) is 16.1 Å². The number of aliphatic hydroxyl groups excluding tert-OH is 1. The van der Waals surface area contributed by atoms with Gasteiger partial charge in [-0.05, 0) is 17.7 Å². The van der Waals surface area contributed by atoms with Gasteiger partial charge in [-0.2, -0.15) is 0 Å². The lowest BCUT2D eigenvalue weighted by Gasteiger charge is -1.94. The SMILES string of the molecule is O=C(O)c1cc2ccc(CO)cc2[nH]1. The Balaban J connectivity index is 2.60. The van der Waals surface area contributed by atoms with Gasteiger partial charge >= 0.3 is 5.97 Å². The largest absolute Gasteiger partial charge is 0.477 e. The van der Waals surface area contributed by atoms with Crippen LogP contribution in [-0.4, -0.2) is 21.2 Å². The molecule has 1 heterocycles. The second kappa shape index (κ2) is 3.16. The predicted molar refractivity (Wildman–Crippen MR) is 51.2 cm³/mol. The number of hydrogen-bond donors (Lipinski definition) is 3. The van der Waals surface area contributed by atoms with Gasteiger partial charge in [-0.3, -0.25) is 0 Å². The smallest absolute Gasteiger partial charge is 0.352 e. The number of carboxylic acids is 1. The summed E-state index contributed by atoms with van der Waals surface area (Å²) in [6.07, 6.45) is 0. The molecule has 1 aromatic heterocycles. The van der Waals surface area contributed by atoms with Crippen molar-refractivity contribution in [3.63, 3.8) is 0 Å². The maximum Gasteiger partial charge on any atom is 0.352 e. The van der Waals surface area contributed by atoms with Gasteiger partial charge in [0.05, 0.1) is 6.61 Å². The number of rotatable bonds is 2. The molecule has 72 valence electrons. The molecule has 14 heavy (non-hydrogen) atoms. The molecule has 0 saturated heterocycles. The lowest BCUT2D eigenvalue weighted by atomic mass is 10.2. The van der Waals surface area contributed by atoms with Crippen molar-refractivity contribution in [2.75, 3.05) is 0 Å². The fourth-order valence-electron chi connectivity index (χ4n) is 1.39. The first-order valence-corrected chi connectivity index (χ1v) is 4.16. The van der Waals surface area contributed by atoms with E-state index in [0.29, 0.717) is 0 Å². The van der Waals surface area contributed by atoms with Crippen LogP contribution in [0.4, 0.5) is 0 Å². The van der Waals surface area contributed by atoms with Crippen molar-refractivity contribution in [1.82, 2.24) is 4.98 Å². The van der Waals surface area contributed by atoms with Crippen molar-refractivity contribution in [2.45, 2.75) is 6.61 Å². The van der Waals surface area contributed by atoms with Gasteiger partial charge in [0.1, 0.15) is 5.69 Å². The second-order valence-corrected chi connectivity index (χ2v) is 3.07. The molecule has 4 heteroatoms. The van der Waals surface area contributed by atoms with Crippen LogP contribution in [0, 0.1) is 0 Å². The highest BCUT2D eigenvalue weighted by Crippen LogP contribution is 2.17. The highest BCUT2D eigenvalue weighted by Gasteiger charge is 2.06. The third kappa shape index (κ3) is 1.36. The Labute approximate surface area is 79.8 Å². The number of aromatic amines is 1. The van der Waals surface area contributed by atoms with Gasteiger partial charge in [0.25, 0.3) is 0 Å². The Kier molecular flexibility index (Phi) is 1.98. The van der Waals surface area contributed by atoms with Gasteiger partial charge in [0.2, 0.25) is 0 Å². The van der Waals surface area contributed by atoms with Crippen LogP contribution in [0.2, 0.25) is 0 Å². The first-order valence-electron chi connectivity index (χ1n) is 4.16. The third-order valence-corrected chi connectivity index (χ3v) is 2.10. The summed E-state index contributed by atoms with van der Waals surface area (Å²) in [7, 11) is 0. The van der Waals surface area contributed by atoms with Crippen LogP contribution in [0.3, 0.4) is 0 Å². The zero-order valence-electron chi connectivity index (χ0n) is 7.32. The summed E-state index contributed by atoms with van der Waals surface area (Å²) in [4.78, 5) is 13.4. The lowest BCUT2D eigenvalue weighted by Crippen LogP contribution is -1.94. The molecule has 0 aliphatic rings. The van der Waals surface area contributed by atoms with Crippen LogP contribution in [0.5, 0.6) is 0 Å². The lowest BCUT2D eigenvalue weighted by molar-refractivity contribution is 0.0691. The number of fused-ring (bicyclic) bond motifs is 1. The Morgan fingerprint density at radius 3 is 2.79 bits per heavy atom. The summed E-state index contributed by atoms with van der Waals surface area (Å²) < 4.78 is 0.